The van der Waals surface area contributed by atoms with Crippen molar-refractivity contribution >= 4 is 5.91 Å². The Morgan fingerprint density at radius 3 is 2.62 bits per heavy atom. The summed E-state index contributed by atoms with van der Waals surface area (Å²) < 4.78 is 12.8. The molecule has 1 aliphatic heterocycles. The van der Waals surface area contributed by atoms with E-state index in [0.717, 1.165) is 23.4 Å². The van der Waals surface area contributed by atoms with Gasteiger partial charge in [0.05, 0.1) is 31.1 Å². The predicted octanol–water partition coefficient (Wildman–Crippen LogP) is 3.80. The molecule has 0 saturated carbocycles. The lowest BCUT2D eigenvalue weighted by atomic mass is 10.1. The second-order valence-corrected chi connectivity index (χ2v) is 7.05. The lowest BCUT2D eigenvalue weighted by Crippen LogP contribution is -2.45. The van der Waals surface area contributed by atoms with Crippen LogP contribution in [0.15, 0.2) is 60.8 Å². The Balaban J connectivity index is 1.74. The zero-order valence-corrected chi connectivity index (χ0v) is 16.7. The van der Waals surface area contributed by atoms with E-state index in [2.05, 4.69) is 6.92 Å². The molecule has 0 spiro atoms. The van der Waals surface area contributed by atoms with E-state index in [-0.39, 0.29) is 12.0 Å². The van der Waals surface area contributed by atoms with Gasteiger partial charge in [-0.3, -0.25) is 4.79 Å². The summed E-state index contributed by atoms with van der Waals surface area (Å²) >= 11 is 0. The number of hydrogen-bond acceptors (Lipinski definition) is 4. The molecule has 0 aliphatic carbocycles. The van der Waals surface area contributed by atoms with Crippen LogP contribution in [-0.4, -0.2) is 53.5 Å². The van der Waals surface area contributed by atoms with Gasteiger partial charge < -0.3 is 14.4 Å². The van der Waals surface area contributed by atoms with Crippen molar-refractivity contribution < 1.29 is 14.3 Å². The van der Waals surface area contributed by atoms with Crippen molar-refractivity contribution in [1.82, 2.24) is 14.7 Å². The van der Waals surface area contributed by atoms with E-state index in [1.807, 2.05) is 65.7 Å². The number of carbonyl (C=O) groups excluding carboxylic acids is 1. The fraction of sp³-hybridized carbons (Fsp3) is 0.304. The zero-order valence-electron chi connectivity index (χ0n) is 16.7. The normalized spacial score (nSPS) is 16.6. The Hall–Kier alpha value is -3.12. The summed E-state index contributed by atoms with van der Waals surface area (Å²) in [6, 6.07) is 17.4. The number of nitrogens with zero attached hydrogens (tertiary/aromatic N) is 3. The molecule has 6 nitrogen and oxygen atoms in total. The van der Waals surface area contributed by atoms with Crippen LogP contribution in [0, 0.1) is 0 Å². The molecule has 150 valence electrons. The van der Waals surface area contributed by atoms with E-state index in [1.165, 1.54) is 0 Å². The Labute approximate surface area is 170 Å². The van der Waals surface area contributed by atoms with Gasteiger partial charge in [0.15, 0.2) is 0 Å². The Bertz CT molecular complexity index is 967. The van der Waals surface area contributed by atoms with Crippen molar-refractivity contribution in [1.29, 1.82) is 0 Å². The van der Waals surface area contributed by atoms with Crippen molar-refractivity contribution in [2.45, 2.75) is 19.4 Å². The van der Waals surface area contributed by atoms with Gasteiger partial charge in [-0.2, -0.15) is 5.10 Å². The minimum atomic E-state index is -0.0141. The third-order valence-corrected chi connectivity index (χ3v) is 5.21. The number of ether oxygens (including phenoxy) is 2. The summed E-state index contributed by atoms with van der Waals surface area (Å²) in [7, 11) is 1.64. The molecular formula is C23H25N3O3. The third-order valence-electron chi connectivity index (χ3n) is 5.21. The molecule has 0 N–H and O–H groups in total. The SMILES string of the molecule is CC[C@@H]1CN(C(=O)c2cn(-c3ccccc3)nc2-c2ccc(OC)cc2)CCO1. The van der Waals surface area contributed by atoms with Crippen LogP contribution in [0.2, 0.25) is 0 Å². The highest BCUT2D eigenvalue weighted by molar-refractivity contribution is 6.00. The van der Waals surface area contributed by atoms with Crippen LogP contribution in [0.25, 0.3) is 16.9 Å². The molecule has 2 aromatic carbocycles. The minimum absolute atomic E-state index is 0.0141. The molecule has 1 amide bonds. The Morgan fingerprint density at radius 2 is 1.93 bits per heavy atom. The summed E-state index contributed by atoms with van der Waals surface area (Å²) in [6.07, 6.45) is 2.80. The first-order chi connectivity index (χ1) is 14.2. The molecule has 0 bridgehead atoms. The predicted molar refractivity (Wildman–Crippen MR) is 111 cm³/mol. The third kappa shape index (κ3) is 4.03. The van der Waals surface area contributed by atoms with E-state index < -0.39 is 0 Å². The Morgan fingerprint density at radius 1 is 1.17 bits per heavy atom. The Kier molecular flexibility index (Phi) is 5.62. The maximum absolute atomic E-state index is 13.4. The van der Waals surface area contributed by atoms with Gasteiger partial charge in [0.2, 0.25) is 0 Å². The van der Waals surface area contributed by atoms with Crippen LogP contribution in [0.4, 0.5) is 0 Å². The highest BCUT2D eigenvalue weighted by Gasteiger charge is 2.28. The molecule has 2 heterocycles. The smallest absolute Gasteiger partial charge is 0.257 e. The monoisotopic (exact) mass is 391 g/mol. The van der Waals surface area contributed by atoms with Gasteiger partial charge in [0.1, 0.15) is 11.4 Å². The van der Waals surface area contributed by atoms with Gasteiger partial charge in [0, 0.05) is 24.8 Å². The van der Waals surface area contributed by atoms with E-state index >= 15 is 0 Å². The fourth-order valence-electron chi connectivity index (χ4n) is 3.53. The molecule has 1 saturated heterocycles. The average Bonchev–Trinajstić information content (AvgIpc) is 3.24. The van der Waals surface area contributed by atoms with Gasteiger partial charge in [0.25, 0.3) is 5.91 Å². The summed E-state index contributed by atoms with van der Waals surface area (Å²) in [4.78, 5) is 15.3. The number of rotatable bonds is 5. The standard InChI is InChI=1S/C23H25N3O3/c1-3-19-15-25(13-14-29-19)23(27)21-16-26(18-7-5-4-6-8-18)24-22(21)17-9-11-20(28-2)12-10-17/h4-12,16,19H,3,13-15H2,1-2H3/t19-/m1/s1. The maximum atomic E-state index is 13.4. The van der Waals surface area contributed by atoms with Gasteiger partial charge >= 0.3 is 0 Å². The zero-order chi connectivity index (χ0) is 20.2. The second kappa shape index (κ2) is 8.49. The lowest BCUT2D eigenvalue weighted by Gasteiger charge is -2.32. The molecule has 0 radical (unpaired) electrons. The first-order valence-corrected chi connectivity index (χ1v) is 9.90. The fourth-order valence-corrected chi connectivity index (χ4v) is 3.53. The highest BCUT2D eigenvalue weighted by atomic mass is 16.5. The number of para-hydroxylation sites is 1. The highest BCUT2D eigenvalue weighted by Crippen LogP contribution is 2.27. The van der Waals surface area contributed by atoms with E-state index in [9.17, 15) is 4.79 Å². The molecule has 0 unspecified atom stereocenters. The van der Waals surface area contributed by atoms with Crippen LogP contribution < -0.4 is 4.74 Å². The van der Waals surface area contributed by atoms with Crippen LogP contribution in [-0.2, 0) is 4.74 Å². The molecule has 1 fully saturated rings. The van der Waals surface area contributed by atoms with Gasteiger partial charge in [-0.15, -0.1) is 0 Å². The molecule has 1 aliphatic rings. The van der Waals surface area contributed by atoms with E-state index in [4.69, 9.17) is 14.6 Å². The number of methoxy groups -OCH3 is 1. The first-order valence-electron chi connectivity index (χ1n) is 9.90. The molecular weight excluding hydrogens is 366 g/mol. The topological polar surface area (TPSA) is 56.6 Å². The molecule has 29 heavy (non-hydrogen) atoms. The number of carbonyl (C=O) groups is 1. The molecule has 1 aromatic heterocycles. The first kappa shape index (κ1) is 19.2. The minimum Gasteiger partial charge on any atom is -0.497 e. The molecule has 4 rings (SSSR count). The van der Waals surface area contributed by atoms with Crippen molar-refractivity contribution in [3.63, 3.8) is 0 Å². The summed E-state index contributed by atoms with van der Waals surface area (Å²) in [5.74, 6) is 0.753. The maximum Gasteiger partial charge on any atom is 0.257 e. The number of aromatic nitrogens is 2. The van der Waals surface area contributed by atoms with Gasteiger partial charge in [-0.1, -0.05) is 25.1 Å². The molecule has 6 heteroatoms. The summed E-state index contributed by atoms with van der Waals surface area (Å²) in [5.41, 5.74) is 3.05. The van der Waals surface area contributed by atoms with Crippen molar-refractivity contribution in [2.75, 3.05) is 26.8 Å². The van der Waals surface area contributed by atoms with E-state index in [1.54, 1.807) is 11.8 Å². The quantitative estimate of drug-likeness (QED) is 0.664. The van der Waals surface area contributed by atoms with Crippen molar-refractivity contribution in [3.05, 3.63) is 66.4 Å². The van der Waals surface area contributed by atoms with Gasteiger partial charge in [-0.25, -0.2) is 4.68 Å². The molecule has 1 atom stereocenters. The van der Waals surface area contributed by atoms with Crippen molar-refractivity contribution in [3.8, 4) is 22.7 Å². The van der Waals surface area contributed by atoms with Gasteiger partial charge in [-0.05, 0) is 42.8 Å². The van der Waals surface area contributed by atoms with Crippen LogP contribution in [0.3, 0.4) is 0 Å². The van der Waals surface area contributed by atoms with E-state index in [0.29, 0.717) is 31.0 Å². The number of morpholine rings is 1. The lowest BCUT2D eigenvalue weighted by molar-refractivity contribution is -0.0226. The number of amides is 1. The summed E-state index contributed by atoms with van der Waals surface area (Å²) in [5, 5.41) is 4.76. The largest absolute Gasteiger partial charge is 0.497 e. The summed E-state index contributed by atoms with van der Waals surface area (Å²) in [6.45, 7) is 3.84. The molecule has 3 aromatic rings. The van der Waals surface area contributed by atoms with Crippen LogP contribution in [0.1, 0.15) is 23.7 Å². The van der Waals surface area contributed by atoms with Crippen molar-refractivity contribution in [2.24, 2.45) is 0 Å². The average molecular weight is 391 g/mol. The second-order valence-electron chi connectivity index (χ2n) is 7.05. The van der Waals surface area contributed by atoms with Crippen LogP contribution >= 0.6 is 0 Å². The number of benzene rings is 2. The number of hydrogen-bond donors (Lipinski definition) is 0. The van der Waals surface area contributed by atoms with Crippen LogP contribution in [0.5, 0.6) is 5.75 Å².